The maximum atomic E-state index is 5.75. The topological polar surface area (TPSA) is 56.7 Å². The summed E-state index contributed by atoms with van der Waals surface area (Å²) in [6, 6.07) is 2.08. The fraction of sp³-hybridized carbons (Fsp3) is 0.455. The second kappa shape index (κ2) is 3.62. The van der Waals surface area contributed by atoms with Crippen LogP contribution in [0.2, 0.25) is 0 Å². The van der Waals surface area contributed by atoms with Crippen LogP contribution in [-0.4, -0.2) is 14.8 Å². The zero-order valence-corrected chi connectivity index (χ0v) is 9.41. The first kappa shape index (κ1) is 10.1. The Kier molecular flexibility index (Phi) is 2.44. The van der Waals surface area contributed by atoms with E-state index in [0.717, 1.165) is 34.4 Å². The number of aromatic nitrogens is 3. The van der Waals surface area contributed by atoms with E-state index in [0.29, 0.717) is 6.54 Å². The van der Waals surface area contributed by atoms with E-state index in [1.165, 1.54) is 0 Å². The first-order valence-electron chi connectivity index (χ1n) is 5.19. The third kappa shape index (κ3) is 1.51. The summed E-state index contributed by atoms with van der Waals surface area (Å²) in [6.07, 6.45) is 0.924. The van der Waals surface area contributed by atoms with Crippen molar-refractivity contribution in [2.24, 2.45) is 12.8 Å². The smallest absolute Gasteiger partial charge is 0.158 e. The van der Waals surface area contributed by atoms with E-state index < -0.39 is 0 Å². The van der Waals surface area contributed by atoms with Crippen molar-refractivity contribution in [1.82, 2.24) is 14.8 Å². The number of hydrogen-bond donors (Lipinski definition) is 1. The minimum Gasteiger partial charge on any atom is -0.326 e. The van der Waals surface area contributed by atoms with E-state index in [4.69, 9.17) is 5.73 Å². The van der Waals surface area contributed by atoms with Gasteiger partial charge in [-0.3, -0.25) is 4.68 Å². The Morgan fingerprint density at radius 2 is 2.20 bits per heavy atom. The van der Waals surface area contributed by atoms with Gasteiger partial charge in [0.1, 0.15) is 0 Å². The molecule has 80 valence electrons. The molecule has 0 spiro atoms. The van der Waals surface area contributed by atoms with E-state index in [9.17, 15) is 0 Å². The lowest BCUT2D eigenvalue weighted by molar-refractivity contribution is 0.771. The van der Waals surface area contributed by atoms with Gasteiger partial charge in [0.05, 0.1) is 5.69 Å². The van der Waals surface area contributed by atoms with Crippen molar-refractivity contribution in [2.75, 3.05) is 0 Å². The summed E-state index contributed by atoms with van der Waals surface area (Å²) in [5, 5.41) is 5.48. The van der Waals surface area contributed by atoms with Gasteiger partial charge in [-0.1, -0.05) is 6.92 Å². The molecule has 2 heterocycles. The van der Waals surface area contributed by atoms with Gasteiger partial charge in [-0.05, 0) is 25.0 Å². The number of nitrogens with zero attached hydrogens (tertiary/aromatic N) is 3. The molecule has 0 aliphatic heterocycles. The summed E-state index contributed by atoms with van der Waals surface area (Å²) in [4.78, 5) is 4.57. The first-order chi connectivity index (χ1) is 7.17. The standard InChI is InChI=1S/C11H16N4/c1-4-9-5-8(6-12)10-7(2)14-15(3)11(10)13-9/h5H,4,6,12H2,1-3H3. The second-order valence-corrected chi connectivity index (χ2v) is 3.74. The third-order valence-electron chi connectivity index (χ3n) is 2.69. The highest BCUT2D eigenvalue weighted by molar-refractivity contribution is 5.82. The van der Waals surface area contributed by atoms with Crippen LogP contribution in [-0.2, 0) is 20.0 Å². The Labute approximate surface area is 89.1 Å². The Balaban J connectivity index is 2.83. The summed E-state index contributed by atoms with van der Waals surface area (Å²) in [6.45, 7) is 4.63. The molecule has 4 heteroatoms. The zero-order valence-electron chi connectivity index (χ0n) is 9.41. The van der Waals surface area contributed by atoms with Gasteiger partial charge in [0.2, 0.25) is 0 Å². The van der Waals surface area contributed by atoms with Gasteiger partial charge in [0, 0.05) is 24.7 Å². The van der Waals surface area contributed by atoms with Gasteiger partial charge >= 0.3 is 0 Å². The minimum atomic E-state index is 0.540. The van der Waals surface area contributed by atoms with Gasteiger partial charge in [0.15, 0.2) is 5.65 Å². The normalized spacial score (nSPS) is 11.2. The average molecular weight is 204 g/mol. The fourth-order valence-corrected chi connectivity index (χ4v) is 1.93. The van der Waals surface area contributed by atoms with Crippen molar-refractivity contribution < 1.29 is 0 Å². The van der Waals surface area contributed by atoms with Crippen LogP contribution < -0.4 is 5.73 Å². The maximum absolute atomic E-state index is 5.75. The molecule has 2 N–H and O–H groups in total. The highest BCUT2D eigenvalue weighted by Crippen LogP contribution is 2.21. The maximum Gasteiger partial charge on any atom is 0.158 e. The zero-order chi connectivity index (χ0) is 11.0. The average Bonchev–Trinajstić information content (AvgIpc) is 2.53. The molecule has 15 heavy (non-hydrogen) atoms. The molecule has 2 aromatic heterocycles. The van der Waals surface area contributed by atoms with E-state index in [-0.39, 0.29) is 0 Å². The number of hydrogen-bond acceptors (Lipinski definition) is 3. The molecule has 0 radical (unpaired) electrons. The SMILES string of the molecule is CCc1cc(CN)c2c(C)nn(C)c2n1. The van der Waals surface area contributed by atoms with Gasteiger partial charge in [0.25, 0.3) is 0 Å². The van der Waals surface area contributed by atoms with Crippen LogP contribution in [0.1, 0.15) is 23.9 Å². The van der Waals surface area contributed by atoms with Crippen molar-refractivity contribution in [3.05, 3.63) is 23.0 Å². The van der Waals surface area contributed by atoms with E-state index in [1.807, 2.05) is 18.7 Å². The van der Waals surface area contributed by atoms with Gasteiger partial charge in [-0.25, -0.2) is 4.98 Å². The predicted octanol–water partition coefficient (Wildman–Crippen LogP) is 1.30. The number of fused-ring (bicyclic) bond motifs is 1. The molecule has 0 bridgehead atoms. The summed E-state index contributed by atoms with van der Waals surface area (Å²) in [5.41, 5.74) is 9.91. The van der Waals surface area contributed by atoms with Crippen LogP contribution in [0, 0.1) is 6.92 Å². The highest BCUT2D eigenvalue weighted by atomic mass is 15.3. The molecule has 0 unspecified atom stereocenters. The van der Waals surface area contributed by atoms with Crippen molar-refractivity contribution >= 4 is 11.0 Å². The Morgan fingerprint density at radius 3 is 2.80 bits per heavy atom. The fourth-order valence-electron chi connectivity index (χ4n) is 1.93. The molecule has 2 rings (SSSR count). The summed E-state index contributed by atoms with van der Waals surface area (Å²) in [5.74, 6) is 0. The van der Waals surface area contributed by atoms with Crippen LogP contribution in [0.5, 0.6) is 0 Å². The second-order valence-electron chi connectivity index (χ2n) is 3.74. The Bertz CT molecular complexity index is 499. The molecule has 2 aromatic rings. The Hall–Kier alpha value is -1.42. The number of nitrogens with two attached hydrogens (primary N) is 1. The molecule has 0 amide bonds. The summed E-state index contributed by atoms with van der Waals surface area (Å²) >= 11 is 0. The van der Waals surface area contributed by atoms with Crippen molar-refractivity contribution in [3.8, 4) is 0 Å². The van der Waals surface area contributed by atoms with Gasteiger partial charge in [-0.15, -0.1) is 0 Å². The van der Waals surface area contributed by atoms with Gasteiger partial charge in [-0.2, -0.15) is 5.10 Å². The van der Waals surface area contributed by atoms with E-state index in [1.54, 1.807) is 0 Å². The lowest BCUT2D eigenvalue weighted by Crippen LogP contribution is -2.01. The molecule has 4 nitrogen and oxygen atoms in total. The number of aryl methyl sites for hydroxylation is 3. The van der Waals surface area contributed by atoms with Crippen LogP contribution in [0.4, 0.5) is 0 Å². The van der Waals surface area contributed by atoms with Crippen molar-refractivity contribution in [2.45, 2.75) is 26.8 Å². The lowest BCUT2D eigenvalue weighted by Gasteiger charge is -2.04. The summed E-state index contributed by atoms with van der Waals surface area (Å²) < 4.78 is 1.82. The number of rotatable bonds is 2. The van der Waals surface area contributed by atoms with Crippen molar-refractivity contribution in [1.29, 1.82) is 0 Å². The minimum absolute atomic E-state index is 0.540. The third-order valence-corrected chi connectivity index (χ3v) is 2.69. The largest absolute Gasteiger partial charge is 0.326 e. The molecule has 0 saturated heterocycles. The molecule has 0 fully saturated rings. The molecule has 0 aliphatic rings. The van der Waals surface area contributed by atoms with Gasteiger partial charge < -0.3 is 5.73 Å². The number of pyridine rings is 1. The molecule has 0 atom stereocenters. The predicted molar refractivity (Wildman–Crippen MR) is 60.5 cm³/mol. The lowest BCUT2D eigenvalue weighted by atomic mass is 10.1. The molecule has 0 aliphatic carbocycles. The highest BCUT2D eigenvalue weighted by Gasteiger charge is 2.11. The van der Waals surface area contributed by atoms with E-state index in [2.05, 4.69) is 23.1 Å². The van der Waals surface area contributed by atoms with Crippen molar-refractivity contribution in [3.63, 3.8) is 0 Å². The van der Waals surface area contributed by atoms with Crippen LogP contribution in [0.15, 0.2) is 6.07 Å². The molecular weight excluding hydrogens is 188 g/mol. The summed E-state index contributed by atoms with van der Waals surface area (Å²) in [7, 11) is 1.92. The quantitative estimate of drug-likeness (QED) is 0.802. The Morgan fingerprint density at radius 1 is 1.47 bits per heavy atom. The van der Waals surface area contributed by atoms with Crippen LogP contribution >= 0.6 is 0 Å². The van der Waals surface area contributed by atoms with E-state index >= 15 is 0 Å². The molecular formula is C11H16N4. The first-order valence-corrected chi connectivity index (χ1v) is 5.19. The van der Waals surface area contributed by atoms with Crippen LogP contribution in [0.3, 0.4) is 0 Å². The van der Waals surface area contributed by atoms with Crippen LogP contribution in [0.25, 0.3) is 11.0 Å². The molecule has 0 aromatic carbocycles. The molecule has 0 saturated carbocycles. The monoisotopic (exact) mass is 204 g/mol.